The molecule has 0 aromatic carbocycles. The predicted octanol–water partition coefficient (Wildman–Crippen LogP) is 3.41. The molecule has 1 aromatic rings. The highest BCUT2D eigenvalue weighted by Crippen LogP contribution is 2.15. The van der Waals surface area contributed by atoms with Crippen LogP contribution in [0.5, 0.6) is 0 Å². The van der Waals surface area contributed by atoms with Crippen molar-refractivity contribution in [2.24, 2.45) is 0 Å². The number of anilines is 1. The number of allylic oxidation sites excluding steroid dienone is 3. The van der Waals surface area contributed by atoms with Crippen molar-refractivity contribution < 1.29 is 14.3 Å². The number of nitrogens with zero attached hydrogens (tertiary/aromatic N) is 2. The second-order valence-corrected chi connectivity index (χ2v) is 6.67. The molecule has 0 spiro atoms. The van der Waals surface area contributed by atoms with Crippen LogP contribution < -0.4 is 10.2 Å². The smallest absolute Gasteiger partial charge is 0.279 e. The molecule has 0 saturated carbocycles. The Hall–Kier alpha value is -2.28. The first-order chi connectivity index (χ1) is 12.6. The minimum atomic E-state index is -0.332. The zero-order valence-electron chi connectivity index (χ0n) is 15.6. The molecule has 0 aliphatic rings. The van der Waals surface area contributed by atoms with Crippen molar-refractivity contribution in [2.45, 2.75) is 25.0 Å². The molecule has 142 valence electrons. The number of nitrogens with one attached hydrogen (secondary N) is 1. The number of rotatable bonds is 11. The summed E-state index contributed by atoms with van der Waals surface area (Å²) in [5, 5.41) is 1.98. The monoisotopic (exact) mass is 377 g/mol. The Morgan fingerprint density at radius 3 is 2.88 bits per heavy atom. The Balaban J connectivity index is 2.32. The van der Waals surface area contributed by atoms with Crippen LogP contribution in [0, 0.1) is 0 Å². The van der Waals surface area contributed by atoms with Crippen molar-refractivity contribution in [1.29, 1.82) is 0 Å². The normalized spacial score (nSPS) is 12.7. The summed E-state index contributed by atoms with van der Waals surface area (Å²) in [5.74, 6) is 1.68. The highest BCUT2D eigenvalue weighted by Gasteiger charge is 2.11. The Bertz CT molecular complexity index is 605. The minimum absolute atomic E-state index is 0.194. The van der Waals surface area contributed by atoms with Gasteiger partial charge < -0.3 is 19.7 Å². The van der Waals surface area contributed by atoms with E-state index in [1.165, 1.54) is 0 Å². The summed E-state index contributed by atoms with van der Waals surface area (Å²) in [6.45, 7) is 3.18. The fraction of sp³-hybridized carbons (Fsp3) is 0.421. The minimum Gasteiger partial charge on any atom is -0.492 e. The Kier molecular flexibility index (Phi) is 10.9. The van der Waals surface area contributed by atoms with E-state index < -0.39 is 0 Å². The largest absolute Gasteiger partial charge is 0.492 e. The van der Waals surface area contributed by atoms with Gasteiger partial charge in [-0.3, -0.25) is 4.79 Å². The summed E-state index contributed by atoms with van der Waals surface area (Å²) in [7, 11) is 3.53. The molecule has 0 aliphatic heterocycles. The third-order valence-corrected chi connectivity index (χ3v) is 4.60. The third kappa shape index (κ3) is 8.71. The number of carbonyl (C=O) groups is 2. The molecule has 6 nitrogen and oxygen atoms in total. The lowest BCUT2D eigenvalue weighted by Crippen LogP contribution is -2.23. The first-order valence-electron chi connectivity index (χ1n) is 8.52. The summed E-state index contributed by atoms with van der Waals surface area (Å²) in [6, 6.07) is 5.80. The van der Waals surface area contributed by atoms with Crippen molar-refractivity contribution in [3.8, 4) is 0 Å². The molecule has 1 N–H and O–H groups in total. The number of carbonyl (C=O) groups excluding carboxylic acids is 2. The fourth-order valence-electron chi connectivity index (χ4n) is 2.03. The first-order valence-corrected chi connectivity index (χ1v) is 9.40. The fourth-order valence-corrected chi connectivity index (χ4v) is 2.74. The molecule has 1 atom stereocenters. The number of thioether (sulfide) groups is 1. The number of ether oxygens (including phenoxy) is 1. The zero-order chi connectivity index (χ0) is 19.2. The van der Waals surface area contributed by atoms with E-state index in [4.69, 9.17) is 4.74 Å². The van der Waals surface area contributed by atoms with Crippen molar-refractivity contribution in [3.63, 3.8) is 0 Å². The average Bonchev–Trinajstić information content (AvgIpc) is 2.68. The van der Waals surface area contributed by atoms with Crippen molar-refractivity contribution in [1.82, 2.24) is 10.3 Å². The molecule has 0 radical (unpaired) electrons. The van der Waals surface area contributed by atoms with Gasteiger partial charge >= 0.3 is 0 Å². The van der Waals surface area contributed by atoms with Crippen LogP contribution in [-0.4, -0.2) is 49.0 Å². The van der Waals surface area contributed by atoms with Crippen LogP contribution >= 0.6 is 11.8 Å². The number of aromatic nitrogens is 1. The number of hydrogen-bond acceptors (Lipinski definition) is 6. The molecule has 1 heterocycles. The number of pyridine rings is 1. The Labute approximate surface area is 159 Å². The van der Waals surface area contributed by atoms with Gasteiger partial charge in [0, 0.05) is 20.3 Å². The van der Waals surface area contributed by atoms with Gasteiger partial charge in [0.15, 0.2) is 0 Å². The van der Waals surface area contributed by atoms with Gasteiger partial charge in [0.25, 0.3) is 5.24 Å². The SMILES string of the molecule is C/C=C(\C=C/CCC(C=O)SC(=O)NC)OCCN(C)c1ccccn1. The standard InChI is InChI=1S/C19H27N3O3S/c1-4-16(9-5-6-10-17(15-23)26-19(24)20-2)25-14-13-22(3)18-11-7-8-12-21-18/h4-5,7-9,11-12,15,17H,6,10,13-14H2,1-3H3,(H,20,24)/b9-5-,16-4+. The molecular formula is C19H27N3O3S. The van der Waals surface area contributed by atoms with E-state index in [0.717, 1.165) is 36.2 Å². The lowest BCUT2D eigenvalue weighted by Gasteiger charge is -2.18. The molecule has 26 heavy (non-hydrogen) atoms. The van der Waals surface area contributed by atoms with Gasteiger partial charge in [-0.25, -0.2) is 4.98 Å². The maximum Gasteiger partial charge on any atom is 0.279 e. The predicted molar refractivity (Wildman–Crippen MR) is 107 cm³/mol. The van der Waals surface area contributed by atoms with E-state index >= 15 is 0 Å². The van der Waals surface area contributed by atoms with Gasteiger partial charge in [0.1, 0.15) is 24.5 Å². The van der Waals surface area contributed by atoms with Crippen molar-refractivity contribution >= 4 is 29.1 Å². The molecule has 0 bridgehead atoms. The lowest BCUT2D eigenvalue weighted by atomic mass is 10.2. The number of hydrogen-bond donors (Lipinski definition) is 1. The van der Waals surface area contributed by atoms with E-state index in [9.17, 15) is 9.59 Å². The molecule has 1 amide bonds. The molecule has 1 rings (SSSR count). The van der Waals surface area contributed by atoms with Crippen LogP contribution in [0.3, 0.4) is 0 Å². The topological polar surface area (TPSA) is 71.5 Å². The van der Waals surface area contributed by atoms with Gasteiger partial charge in [-0.15, -0.1) is 0 Å². The van der Waals surface area contributed by atoms with Gasteiger partial charge in [-0.2, -0.15) is 0 Å². The Morgan fingerprint density at radius 2 is 2.27 bits per heavy atom. The molecule has 0 fully saturated rings. The van der Waals surface area contributed by atoms with Crippen molar-refractivity contribution in [3.05, 3.63) is 48.4 Å². The van der Waals surface area contributed by atoms with E-state index in [2.05, 4.69) is 10.3 Å². The molecule has 0 aliphatic carbocycles. The summed E-state index contributed by atoms with van der Waals surface area (Å²) < 4.78 is 5.76. The van der Waals surface area contributed by atoms with Gasteiger partial charge in [0.05, 0.1) is 11.8 Å². The van der Waals surface area contributed by atoms with E-state index in [-0.39, 0.29) is 10.5 Å². The lowest BCUT2D eigenvalue weighted by molar-refractivity contribution is -0.107. The maximum absolute atomic E-state index is 11.3. The van der Waals surface area contributed by atoms with Gasteiger partial charge in [-0.05, 0) is 44.1 Å². The van der Waals surface area contributed by atoms with E-state index in [1.807, 2.05) is 55.3 Å². The maximum atomic E-state index is 11.3. The van der Waals surface area contributed by atoms with Crippen LogP contribution in [-0.2, 0) is 9.53 Å². The van der Waals surface area contributed by atoms with Crippen molar-refractivity contribution in [2.75, 3.05) is 32.1 Å². The Morgan fingerprint density at radius 1 is 1.46 bits per heavy atom. The second-order valence-electron chi connectivity index (χ2n) is 5.46. The second kappa shape index (κ2) is 13.0. The highest BCUT2D eigenvalue weighted by molar-refractivity contribution is 8.14. The molecular weight excluding hydrogens is 350 g/mol. The van der Waals surface area contributed by atoms with Crippen LogP contribution in [0.1, 0.15) is 19.8 Å². The number of aldehydes is 1. The molecule has 1 aromatic heterocycles. The molecule has 1 unspecified atom stereocenters. The number of amides is 1. The van der Waals surface area contributed by atoms with Crippen LogP contribution in [0.15, 0.2) is 48.4 Å². The van der Waals surface area contributed by atoms with E-state index in [1.54, 1.807) is 13.2 Å². The highest BCUT2D eigenvalue weighted by atomic mass is 32.2. The van der Waals surface area contributed by atoms with Gasteiger partial charge in [-0.1, -0.05) is 23.9 Å². The zero-order valence-corrected chi connectivity index (χ0v) is 16.4. The quantitative estimate of drug-likeness (QED) is 0.362. The van der Waals surface area contributed by atoms with Crippen LogP contribution in [0.2, 0.25) is 0 Å². The van der Waals surface area contributed by atoms with Crippen LogP contribution in [0.4, 0.5) is 10.6 Å². The third-order valence-electron chi connectivity index (χ3n) is 3.53. The molecule has 0 saturated heterocycles. The summed E-state index contributed by atoms with van der Waals surface area (Å²) in [6.07, 6.45) is 9.63. The first kappa shape index (κ1) is 21.8. The van der Waals surface area contributed by atoms with Gasteiger partial charge in [0.2, 0.25) is 0 Å². The summed E-state index contributed by atoms with van der Waals surface area (Å²) in [5.41, 5.74) is 0. The summed E-state index contributed by atoms with van der Waals surface area (Å²) in [4.78, 5) is 28.6. The van der Waals surface area contributed by atoms with E-state index in [0.29, 0.717) is 19.4 Å². The van der Waals surface area contributed by atoms with Crippen LogP contribution in [0.25, 0.3) is 0 Å². The average molecular weight is 378 g/mol. The summed E-state index contributed by atoms with van der Waals surface area (Å²) >= 11 is 1.02. The number of likely N-dealkylation sites (N-methyl/N-ethyl adjacent to an activating group) is 1. The molecule has 7 heteroatoms.